The molecule has 1 aromatic carbocycles. The molecule has 0 unspecified atom stereocenters. The lowest BCUT2D eigenvalue weighted by Gasteiger charge is -2.14. The van der Waals surface area contributed by atoms with Gasteiger partial charge in [0.2, 0.25) is 0 Å². The van der Waals surface area contributed by atoms with Crippen LogP contribution in [-0.2, 0) is 6.54 Å². The molecule has 0 aliphatic heterocycles. The number of ether oxygens (including phenoxy) is 1. The summed E-state index contributed by atoms with van der Waals surface area (Å²) in [6.45, 7) is 5.23. The van der Waals surface area contributed by atoms with Crippen molar-refractivity contribution in [3.8, 4) is 5.75 Å². The van der Waals surface area contributed by atoms with Gasteiger partial charge in [-0.2, -0.15) is 5.10 Å². The molecule has 102 valence electrons. The highest BCUT2D eigenvalue weighted by atomic mass is 19.1. The van der Waals surface area contributed by atoms with E-state index in [1.807, 2.05) is 20.0 Å². The van der Waals surface area contributed by atoms with E-state index >= 15 is 0 Å². The maximum atomic E-state index is 13.0. The van der Waals surface area contributed by atoms with Gasteiger partial charge in [-0.1, -0.05) is 6.07 Å². The Morgan fingerprint density at radius 3 is 3.00 bits per heavy atom. The molecule has 19 heavy (non-hydrogen) atoms. The van der Waals surface area contributed by atoms with Crippen LogP contribution in [-0.4, -0.2) is 22.8 Å². The van der Waals surface area contributed by atoms with E-state index in [4.69, 9.17) is 4.74 Å². The molecule has 1 aromatic heterocycles. The average Bonchev–Trinajstić information content (AvgIpc) is 2.80. The molecule has 0 bridgehead atoms. The minimum Gasteiger partial charge on any atom is -0.492 e. The monoisotopic (exact) mass is 263 g/mol. The van der Waals surface area contributed by atoms with Crippen molar-refractivity contribution in [2.45, 2.75) is 26.4 Å². The van der Waals surface area contributed by atoms with E-state index in [9.17, 15) is 4.39 Å². The van der Waals surface area contributed by atoms with Crippen molar-refractivity contribution in [2.24, 2.45) is 0 Å². The first-order valence-electron chi connectivity index (χ1n) is 6.26. The fraction of sp³-hybridized carbons (Fsp3) is 0.357. The Hall–Kier alpha value is -1.88. The molecule has 0 fully saturated rings. The first-order valence-corrected chi connectivity index (χ1v) is 6.26. The topological polar surface area (TPSA) is 49.9 Å². The summed E-state index contributed by atoms with van der Waals surface area (Å²) in [5, 5.41) is 10.2. The van der Waals surface area contributed by atoms with Gasteiger partial charge < -0.3 is 10.1 Å². The van der Waals surface area contributed by atoms with E-state index in [1.165, 1.54) is 12.1 Å². The summed E-state index contributed by atoms with van der Waals surface area (Å²) in [5.74, 6) is 0.264. The second-order valence-electron chi connectivity index (χ2n) is 4.57. The van der Waals surface area contributed by atoms with Crippen LogP contribution in [0.4, 0.5) is 4.39 Å². The summed E-state index contributed by atoms with van der Waals surface area (Å²) in [6.07, 6.45) is 1.81. The van der Waals surface area contributed by atoms with E-state index < -0.39 is 0 Å². The lowest BCUT2D eigenvalue weighted by atomic mass is 10.2. The van der Waals surface area contributed by atoms with E-state index in [0.29, 0.717) is 12.4 Å². The van der Waals surface area contributed by atoms with Crippen molar-refractivity contribution >= 4 is 0 Å². The van der Waals surface area contributed by atoms with Crippen LogP contribution in [0, 0.1) is 12.7 Å². The van der Waals surface area contributed by atoms with Crippen LogP contribution in [0.3, 0.4) is 0 Å². The van der Waals surface area contributed by atoms with Gasteiger partial charge in [-0.3, -0.25) is 5.10 Å². The van der Waals surface area contributed by atoms with Crippen molar-refractivity contribution < 1.29 is 9.13 Å². The first kappa shape index (κ1) is 13.5. The molecule has 0 aliphatic rings. The van der Waals surface area contributed by atoms with Crippen LogP contribution >= 0.6 is 0 Å². The van der Waals surface area contributed by atoms with Crippen LogP contribution in [0.2, 0.25) is 0 Å². The number of aryl methyl sites for hydroxylation is 1. The number of aromatic nitrogens is 2. The van der Waals surface area contributed by atoms with Crippen molar-refractivity contribution in [2.75, 3.05) is 6.61 Å². The zero-order valence-electron chi connectivity index (χ0n) is 11.1. The Morgan fingerprint density at radius 2 is 2.32 bits per heavy atom. The number of H-pyrrole nitrogens is 1. The molecule has 5 heteroatoms. The highest BCUT2D eigenvalue weighted by molar-refractivity contribution is 5.22. The normalized spacial score (nSPS) is 12.4. The molecule has 4 nitrogen and oxygen atoms in total. The molecule has 2 N–H and O–H groups in total. The maximum absolute atomic E-state index is 13.0. The summed E-state index contributed by atoms with van der Waals surface area (Å²) >= 11 is 0. The number of benzene rings is 1. The first-order chi connectivity index (χ1) is 9.15. The largest absolute Gasteiger partial charge is 0.492 e. The summed E-state index contributed by atoms with van der Waals surface area (Å²) in [5.41, 5.74) is 2.20. The number of rotatable bonds is 6. The van der Waals surface area contributed by atoms with Crippen LogP contribution in [0.1, 0.15) is 18.2 Å². The van der Waals surface area contributed by atoms with Gasteiger partial charge in [0.1, 0.15) is 18.2 Å². The number of hydrogen-bond acceptors (Lipinski definition) is 3. The van der Waals surface area contributed by atoms with Crippen molar-refractivity contribution in [3.63, 3.8) is 0 Å². The van der Waals surface area contributed by atoms with E-state index in [-0.39, 0.29) is 11.9 Å². The molecule has 0 saturated heterocycles. The van der Waals surface area contributed by atoms with Gasteiger partial charge >= 0.3 is 0 Å². The average molecular weight is 263 g/mol. The van der Waals surface area contributed by atoms with Gasteiger partial charge in [-0.25, -0.2) is 4.39 Å². The van der Waals surface area contributed by atoms with Gasteiger partial charge in [0.15, 0.2) is 0 Å². The molecule has 0 spiro atoms. The van der Waals surface area contributed by atoms with Gasteiger partial charge in [-0.05, 0) is 26.0 Å². The molecule has 0 saturated carbocycles. The Balaban J connectivity index is 1.76. The zero-order chi connectivity index (χ0) is 13.7. The predicted molar refractivity (Wildman–Crippen MR) is 71.5 cm³/mol. The summed E-state index contributed by atoms with van der Waals surface area (Å²) < 4.78 is 18.5. The van der Waals surface area contributed by atoms with E-state index in [2.05, 4.69) is 15.5 Å². The third-order valence-electron chi connectivity index (χ3n) is 2.87. The maximum Gasteiger partial charge on any atom is 0.126 e. The predicted octanol–water partition coefficient (Wildman–Crippen LogP) is 2.41. The SMILES string of the molecule is Cc1[nH]ncc1CN[C@@H](C)COc1cccc(F)c1. The molecular formula is C14H18FN3O. The molecule has 0 radical (unpaired) electrons. The molecule has 2 rings (SSSR count). The Morgan fingerprint density at radius 1 is 1.47 bits per heavy atom. The lowest BCUT2D eigenvalue weighted by Crippen LogP contribution is -2.31. The van der Waals surface area contributed by atoms with Gasteiger partial charge in [-0.15, -0.1) is 0 Å². The fourth-order valence-electron chi connectivity index (χ4n) is 1.67. The van der Waals surface area contributed by atoms with Crippen molar-refractivity contribution in [1.82, 2.24) is 15.5 Å². The van der Waals surface area contributed by atoms with Gasteiger partial charge in [0.25, 0.3) is 0 Å². The standard InChI is InChI=1S/C14H18FN3O/c1-10(16-7-12-8-17-18-11(12)2)9-19-14-5-3-4-13(15)6-14/h3-6,8,10,16H,7,9H2,1-2H3,(H,17,18)/t10-/m0/s1. The molecule has 0 aliphatic carbocycles. The molecular weight excluding hydrogens is 245 g/mol. The smallest absolute Gasteiger partial charge is 0.126 e. The third-order valence-corrected chi connectivity index (χ3v) is 2.87. The van der Waals surface area contributed by atoms with E-state index in [1.54, 1.807) is 12.1 Å². The second-order valence-corrected chi connectivity index (χ2v) is 4.57. The number of nitrogens with one attached hydrogen (secondary N) is 2. The van der Waals surface area contributed by atoms with Crippen LogP contribution in [0.5, 0.6) is 5.75 Å². The minimum atomic E-state index is -0.285. The van der Waals surface area contributed by atoms with E-state index in [0.717, 1.165) is 17.8 Å². The Kier molecular flexibility index (Phi) is 4.52. The van der Waals surface area contributed by atoms with Crippen LogP contribution < -0.4 is 10.1 Å². The quantitative estimate of drug-likeness (QED) is 0.841. The highest BCUT2D eigenvalue weighted by Gasteiger charge is 2.05. The van der Waals surface area contributed by atoms with Gasteiger partial charge in [0.05, 0.1) is 6.20 Å². The zero-order valence-corrected chi connectivity index (χ0v) is 11.1. The Labute approximate surface area is 112 Å². The lowest BCUT2D eigenvalue weighted by molar-refractivity contribution is 0.271. The van der Waals surface area contributed by atoms with Gasteiger partial charge in [0, 0.05) is 29.9 Å². The Bertz CT molecular complexity index is 527. The second kappa shape index (κ2) is 6.33. The molecule has 2 aromatic rings. The molecule has 1 atom stereocenters. The summed E-state index contributed by atoms with van der Waals surface area (Å²) in [7, 11) is 0. The number of hydrogen-bond donors (Lipinski definition) is 2. The molecule has 1 heterocycles. The van der Waals surface area contributed by atoms with Crippen LogP contribution in [0.25, 0.3) is 0 Å². The number of nitrogens with zero attached hydrogens (tertiary/aromatic N) is 1. The number of aromatic amines is 1. The summed E-state index contributed by atoms with van der Waals surface area (Å²) in [4.78, 5) is 0. The van der Waals surface area contributed by atoms with Crippen molar-refractivity contribution in [3.05, 3.63) is 47.5 Å². The van der Waals surface area contributed by atoms with Crippen molar-refractivity contribution in [1.29, 1.82) is 0 Å². The summed E-state index contributed by atoms with van der Waals surface area (Å²) in [6, 6.07) is 6.33. The fourth-order valence-corrected chi connectivity index (χ4v) is 1.67. The molecule has 0 amide bonds. The minimum absolute atomic E-state index is 0.164. The number of halogens is 1. The van der Waals surface area contributed by atoms with Crippen LogP contribution in [0.15, 0.2) is 30.5 Å². The highest BCUT2D eigenvalue weighted by Crippen LogP contribution is 2.12. The third kappa shape index (κ3) is 4.06.